The van der Waals surface area contributed by atoms with Crippen molar-refractivity contribution in [2.45, 2.75) is 37.6 Å². The first-order chi connectivity index (χ1) is 12.8. The average Bonchev–Trinajstić information content (AvgIpc) is 3.28. The van der Waals surface area contributed by atoms with E-state index in [-0.39, 0.29) is 0 Å². The van der Waals surface area contributed by atoms with Crippen molar-refractivity contribution >= 4 is 33.3 Å². The Balaban J connectivity index is 1.68. The molecular formula is C18H18N6S2. The normalized spacial score (nSPS) is 11.3. The Hall–Kier alpha value is -2.32. The molecule has 3 aromatic heterocycles. The van der Waals surface area contributed by atoms with Crippen molar-refractivity contribution in [3.63, 3.8) is 0 Å². The number of thioether (sulfide) groups is 1. The van der Waals surface area contributed by atoms with Crippen LogP contribution in [0.1, 0.15) is 24.7 Å². The van der Waals surface area contributed by atoms with Crippen LogP contribution in [0.2, 0.25) is 0 Å². The Morgan fingerprint density at radius 3 is 2.81 bits per heavy atom. The summed E-state index contributed by atoms with van der Waals surface area (Å²) in [5.41, 5.74) is 3.62. The number of aryl methyl sites for hydroxylation is 2. The lowest BCUT2D eigenvalue weighted by atomic mass is 10.1. The van der Waals surface area contributed by atoms with E-state index in [4.69, 9.17) is 0 Å². The maximum absolute atomic E-state index is 4.54. The Bertz CT molecular complexity index is 1020. The van der Waals surface area contributed by atoms with Crippen molar-refractivity contribution < 1.29 is 0 Å². The number of fused-ring (bicyclic) bond motifs is 1. The lowest BCUT2D eigenvalue weighted by Gasteiger charge is -2.06. The van der Waals surface area contributed by atoms with E-state index in [1.165, 1.54) is 16.7 Å². The molecule has 8 heteroatoms. The van der Waals surface area contributed by atoms with Crippen molar-refractivity contribution in [1.82, 2.24) is 30.2 Å². The Morgan fingerprint density at radius 2 is 2.00 bits per heavy atom. The molecule has 0 unspecified atom stereocenters. The average molecular weight is 383 g/mol. The van der Waals surface area contributed by atoms with Crippen LogP contribution in [0, 0.1) is 6.92 Å². The highest BCUT2D eigenvalue weighted by atomic mass is 32.2. The lowest BCUT2D eigenvalue weighted by Crippen LogP contribution is -2.04. The van der Waals surface area contributed by atoms with E-state index in [1.807, 2.05) is 4.68 Å². The molecule has 0 aliphatic rings. The van der Waals surface area contributed by atoms with Crippen LogP contribution < -0.4 is 0 Å². The molecule has 4 rings (SSSR count). The fraction of sp³-hybridized carbons (Fsp3) is 0.278. The molecule has 0 bridgehead atoms. The van der Waals surface area contributed by atoms with Crippen molar-refractivity contribution in [1.29, 1.82) is 0 Å². The van der Waals surface area contributed by atoms with Gasteiger partial charge in [-0.25, -0.2) is 14.6 Å². The number of hydrogen-bond acceptors (Lipinski definition) is 7. The second-order valence-electron chi connectivity index (χ2n) is 5.98. The zero-order chi connectivity index (χ0) is 17.9. The van der Waals surface area contributed by atoms with Gasteiger partial charge < -0.3 is 0 Å². The first-order valence-corrected chi connectivity index (χ1v) is 10.3. The maximum atomic E-state index is 4.54. The third-order valence-corrected chi connectivity index (χ3v) is 5.95. The van der Waals surface area contributed by atoms with Crippen LogP contribution in [0.4, 0.5) is 0 Å². The van der Waals surface area contributed by atoms with Gasteiger partial charge in [0.05, 0.1) is 11.1 Å². The van der Waals surface area contributed by atoms with Gasteiger partial charge in [0, 0.05) is 17.5 Å². The molecule has 0 N–H and O–H groups in total. The molecule has 0 fully saturated rings. The van der Waals surface area contributed by atoms with Gasteiger partial charge in [-0.05, 0) is 29.3 Å². The lowest BCUT2D eigenvalue weighted by molar-refractivity contribution is 0.564. The summed E-state index contributed by atoms with van der Waals surface area (Å²) in [7, 11) is 0. The van der Waals surface area contributed by atoms with Crippen LogP contribution >= 0.6 is 23.1 Å². The topological polar surface area (TPSA) is 69.4 Å². The van der Waals surface area contributed by atoms with Gasteiger partial charge in [-0.15, -0.1) is 16.4 Å². The number of tetrazole rings is 1. The zero-order valence-corrected chi connectivity index (χ0v) is 16.2. The second kappa shape index (κ2) is 7.51. The largest absolute Gasteiger partial charge is 0.229 e. The van der Waals surface area contributed by atoms with Crippen LogP contribution in [0.25, 0.3) is 21.3 Å². The molecule has 0 atom stereocenters. The van der Waals surface area contributed by atoms with Crippen LogP contribution in [-0.2, 0) is 12.3 Å². The quantitative estimate of drug-likeness (QED) is 0.365. The number of thiophene rings is 1. The summed E-state index contributed by atoms with van der Waals surface area (Å²) in [6.45, 7) is 5.04. The Kier molecular flexibility index (Phi) is 4.94. The summed E-state index contributed by atoms with van der Waals surface area (Å²) in [6, 6.07) is 8.57. The van der Waals surface area contributed by atoms with E-state index in [2.05, 4.69) is 69.0 Å². The van der Waals surface area contributed by atoms with Gasteiger partial charge in [0.1, 0.15) is 16.2 Å². The van der Waals surface area contributed by atoms with Crippen LogP contribution in [0.5, 0.6) is 0 Å². The minimum atomic E-state index is 0.683. The van der Waals surface area contributed by atoms with E-state index in [0.717, 1.165) is 34.0 Å². The summed E-state index contributed by atoms with van der Waals surface area (Å²) >= 11 is 3.31. The minimum Gasteiger partial charge on any atom is -0.229 e. The molecule has 0 saturated carbocycles. The van der Waals surface area contributed by atoms with E-state index in [1.54, 1.807) is 29.4 Å². The standard InChI is InChI=1S/C18H18N6S2/c1-3-8-24-15(21-22-23-24)10-26-18-16-14(9-25-17(16)19-11-20-18)13-6-4-12(2)5-7-13/h4-7,9,11H,3,8,10H2,1-2H3. The fourth-order valence-electron chi connectivity index (χ4n) is 2.75. The first-order valence-electron chi connectivity index (χ1n) is 8.43. The highest BCUT2D eigenvalue weighted by Gasteiger charge is 2.15. The molecule has 0 radical (unpaired) electrons. The molecule has 4 aromatic rings. The summed E-state index contributed by atoms with van der Waals surface area (Å²) in [5.74, 6) is 1.55. The minimum absolute atomic E-state index is 0.683. The predicted octanol–water partition coefficient (Wildman–Crippen LogP) is 4.36. The number of benzene rings is 1. The SMILES string of the molecule is CCCn1nnnc1CSc1ncnc2scc(-c3ccc(C)cc3)c12. The second-order valence-corrected chi connectivity index (χ2v) is 7.80. The van der Waals surface area contributed by atoms with Crippen molar-refractivity contribution in [2.24, 2.45) is 0 Å². The molecule has 0 spiro atoms. The monoisotopic (exact) mass is 382 g/mol. The molecule has 3 heterocycles. The number of hydrogen-bond donors (Lipinski definition) is 0. The fourth-order valence-corrected chi connectivity index (χ4v) is 4.67. The zero-order valence-electron chi connectivity index (χ0n) is 14.6. The van der Waals surface area contributed by atoms with Crippen molar-refractivity contribution in [2.75, 3.05) is 0 Å². The molecular weight excluding hydrogens is 364 g/mol. The van der Waals surface area contributed by atoms with Gasteiger partial charge in [-0.1, -0.05) is 48.5 Å². The smallest absolute Gasteiger partial charge is 0.161 e. The molecule has 0 aliphatic carbocycles. The van der Waals surface area contributed by atoms with Gasteiger partial charge >= 0.3 is 0 Å². The summed E-state index contributed by atoms with van der Waals surface area (Å²) in [6.07, 6.45) is 2.64. The van der Waals surface area contributed by atoms with Gasteiger partial charge in [-0.2, -0.15) is 0 Å². The van der Waals surface area contributed by atoms with E-state index < -0.39 is 0 Å². The molecule has 0 amide bonds. The maximum Gasteiger partial charge on any atom is 0.161 e. The van der Waals surface area contributed by atoms with E-state index >= 15 is 0 Å². The summed E-state index contributed by atoms with van der Waals surface area (Å²) < 4.78 is 1.86. The molecule has 6 nitrogen and oxygen atoms in total. The molecule has 132 valence electrons. The van der Waals surface area contributed by atoms with E-state index in [0.29, 0.717) is 5.75 Å². The third-order valence-electron chi connectivity index (χ3n) is 4.08. The van der Waals surface area contributed by atoms with Crippen LogP contribution in [0.15, 0.2) is 41.0 Å². The first kappa shape index (κ1) is 17.1. The molecule has 1 aromatic carbocycles. The highest BCUT2D eigenvalue weighted by molar-refractivity contribution is 7.98. The van der Waals surface area contributed by atoms with Crippen molar-refractivity contribution in [3.8, 4) is 11.1 Å². The van der Waals surface area contributed by atoms with Gasteiger partial charge in [0.25, 0.3) is 0 Å². The number of nitrogens with zero attached hydrogens (tertiary/aromatic N) is 6. The summed E-state index contributed by atoms with van der Waals surface area (Å²) in [4.78, 5) is 9.99. The van der Waals surface area contributed by atoms with Gasteiger partial charge in [-0.3, -0.25) is 0 Å². The Labute approximate surface area is 159 Å². The number of aromatic nitrogens is 6. The van der Waals surface area contributed by atoms with Gasteiger partial charge in [0.15, 0.2) is 5.82 Å². The summed E-state index contributed by atoms with van der Waals surface area (Å²) in [5, 5.41) is 16.2. The van der Waals surface area contributed by atoms with Crippen LogP contribution in [0.3, 0.4) is 0 Å². The van der Waals surface area contributed by atoms with Crippen LogP contribution in [-0.4, -0.2) is 30.2 Å². The van der Waals surface area contributed by atoms with Gasteiger partial charge in [0.2, 0.25) is 0 Å². The highest BCUT2D eigenvalue weighted by Crippen LogP contribution is 2.38. The van der Waals surface area contributed by atoms with E-state index in [9.17, 15) is 0 Å². The molecule has 0 saturated heterocycles. The predicted molar refractivity (Wildman–Crippen MR) is 105 cm³/mol. The Morgan fingerprint density at radius 1 is 1.15 bits per heavy atom. The third kappa shape index (κ3) is 3.34. The number of rotatable bonds is 6. The van der Waals surface area contributed by atoms with Crippen molar-refractivity contribution in [3.05, 3.63) is 47.4 Å². The molecule has 0 aliphatic heterocycles. The molecule has 26 heavy (non-hydrogen) atoms.